The molecule has 92 valence electrons. The molecule has 1 aromatic heterocycles. The summed E-state index contributed by atoms with van der Waals surface area (Å²) in [5.41, 5.74) is 1.99. The maximum absolute atomic E-state index is 11.2. The Morgan fingerprint density at radius 2 is 2.19 bits per heavy atom. The summed E-state index contributed by atoms with van der Waals surface area (Å²) in [5, 5.41) is 7.26. The second-order valence-electron chi connectivity index (χ2n) is 4.18. The molecule has 0 saturated carbocycles. The van der Waals surface area contributed by atoms with Gasteiger partial charge in [-0.1, -0.05) is 0 Å². The number of rotatable bonds is 5. The van der Waals surface area contributed by atoms with Crippen molar-refractivity contribution >= 4 is 9.84 Å². The Bertz CT molecular complexity index is 451. The van der Waals surface area contributed by atoms with Crippen LogP contribution in [-0.4, -0.2) is 43.3 Å². The minimum absolute atomic E-state index is 0.0650. The summed E-state index contributed by atoms with van der Waals surface area (Å²) in [6.07, 6.45) is 1.92. The van der Waals surface area contributed by atoms with Crippen LogP contribution in [0.4, 0.5) is 0 Å². The van der Waals surface area contributed by atoms with Gasteiger partial charge in [0, 0.05) is 31.5 Å². The second kappa shape index (κ2) is 4.97. The molecule has 0 aliphatic rings. The van der Waals surface area contributed by atoms with E-state index in [9.17, 15) is 8.42 Å². The smallest absolute Gasteiger partial charge is 0.148 e. The predicted octanol–water partition coefficient (Wildman–Crippen LogP) is -0.0964. The van der Waals surface area contributed by atoms with Gasteiger partial charge in [-0.05, 0) is 20.0 Å². The van der Waals surface area contributed by atoms with Crippen molar-refractivity contribution in [2.24, 2.45) is 7.05 Å². The lowest BCUT2D eigenvalue weighted by atomic mass is 10.2. The summed E-state index contributed by atoms with van der Waals surface area (Å²) in [6.45, 7) is 1.93. The summed E-state index contributed by atoms with van der Waals surface area (Å²) in [7, 11) is 0.694. The first-order valence-corrected chi connectivity index (χ1v) is 7.22. The quantitative estimate of drug-likeness (QED) is 0.787. The van der Waals surface area contributed by atoms with Gasteiger partial charge < -0.3 is 5.32 Å². The zero-order valence-electron chi connectivity index (χ0n) is 10.2. The number of likely N-dealkylation sites (N-methyl/N-ethyl adjacent to an activating group) is 1. The van der Waals surface area contributed by atoms with Gasteiger partial charge in [0.2, 0.25) is 0 Å². The molecule has 0 aliphatic heterocycles. The van der Waals surface area contributed by atoms with Crippen LogP contribution in [0.3, 0.4) is 0 Å². The molecule has 0 aliphatic carbocycles. The number of hydrogen-bond acceptors (Lipinski definition) is 4. The van der Waals surface area contributed by atoms with Crippen LogP contribution in [0.2, 0.25) is 0 Å². The van der Waals surface area contributed by atoms with Crippen molar-refractivity contribution in [1.29, 1.82) is 0 Å². The Morgan fingerprint density at radius 1 is 1.56 bits per heavy atom. The molecule has 1 aromatic rings. The van der Waals surface area contributed by atoms with Crippen molar-refractivity contribution in [2.45, 2.75) is 19.4 Å². The average Bonchev–Trinajstić information content (AvgIpc) is 2.41. The Morgan fingerprint density at radius 3 is 2.56 bits per heavy atom. The third-order valence-electron chi connectivity index (χ3n) is 2.47. The maximum Gasteiger partial charge on any atom is 0.148 e. The van der Waals surface area contributed by atoms with E-state index in [4.69, 9.17) is 0 Å². The fourth-order valence-corrected chi connectivity index (χ4v) is 2.73. The van der Waals surface area contributed by atoms with Gasteiger partial charge in [-0.15, -0.1) is 0 Å². The standard InChI is InChI=1S/C10H19N3O2S/c1-8-5-10(13(3)12-8)6-9(11-2)7-16(4,14)15/h5,9,11H,6-7H2,1-4H3. The second-order valence-corrected chi connectivity index (χ2v) is 6.37. The molecule has 5 nitrogen and oxygen atoms in total. The van der Waals surface area contributed by atoms with E-state index in [1.807, 2.05) is 20.0 Å². The normalized spacial score (nSPS) is 14.0. The van der Waals surface area contributed by atoms with Crippen molar-refractivity contribution in [1.82, 2.24) is 15.1 Å². The molecular formula is C10H19N3O2S. The van der Waals surface area contributed by atoms with Gasteiger partial charge in [0.05, 0.1) is 11.4 Å². The monoisotopic (exact) mass is 245 g/mol. The molecule has 0 spiro atoms. The maximum atomic E-state index is 11.2. The number of aromatic nitrogens is 2. The summed E-state index contributed by atoms with van der Waals surface area (Å²) in [4.78, 5) is 0. The third-order valence-corrected chi connectivity index (χ3v) is 3.47. The largest absolute Gasteiger partial charge is 0.316 e. The van der Waals surface area contributed by atoms with E-state index < -0.39 is 9.84 Å². The molecule has 1 N–H and O–H groups in total. The van der Waals surface area contributed by atoms with E-state index in [0.717, 1.165) is 11.4 Å². The first-order chi connectivity index (χ1) is 7.31. The Labute approximate surface area is 96.8 Å². The lowest BCUT2D eigenvalue weighted by molar-refractivity contribution is 0.552. The van der Waals surface area contributed by atoms with Gasteiger partial charge in [-0.2, -0.15) is 5.10 Å². The molecule has 1 rings (SSSR count). The molecule has 1 atom stereocenters. The van der Waals surface area contributed by atoms with Gasteiger partial charge in [0.1, 0.15) is 9.84 Å². The third kappa shape index (κ3) is 3.94. The van der Waals surface area contributed by atoms with Crippen LogP contribution in [-0.2, 0) is 23.3 Å². The summed E-state index contributed by atoms with van der Waals surface area (Å²) in [6, 6.07) is 1.91. The number of nitrogens with one attached hydrogen (secondary N) is 1. The lowest BCUT2D eigenvalue weighted by Crippen LogP contribution is -2.35. The fraction of sp³-hybridized carbons (Fsp3) is 0.700. The van der Waals surface area contributed by atoms with E-state index in [1.165, 1.54) is 6.26 Å². The average molecular weight is 245 g/mol. The van der Waals surface area contributed by atoms with Crippen molar-refractivity contribution in [3.63, 3.8) is 0 Å². The highest BCUT2D eigenvalue weighted by molar-refractivity contribution is 7.90. The van der Waals surface area contributed by atoms with Crippen LogP contribution in [0, 0.1) is 6.92 Å². The Balaban J connectivity index is 2.74. The zero-order chi connectivity index (χ0) is 12.3. The number of nitrogens with zero attached hydrogens (tertiary/aromatic N) is 2. The zero-order valence-corrected chi connectivity index (χ0v) is 11.0. The molecule has 6 heteroatoms. The molecule has 0 radical (unpaired) electrons. The highest BCUT2D eigenvalue weighted by Crippen LogP contribution is 2.06. The van der Waals surface area contributed by atoms with Crippen LogP contribution >= 0.6 is 0 Å². The molecule has 0 saturated heterocycles. The molecule has 1 unspecified atom stereocenters. The molecule has 0 bridgehead atoms. The first-order valence-electron chi connectivity index (χ1n) is 5.16. The van der Waals surface area contributed by atoms with Crippen LogP contribution in [0.25, 0.3) is 0 Å². The van der Waals surface area contributed by atoms with Crippen LogP contribution in [0.15, 0.2) is 6.07 Å². The minimum atomic E-state index is -2.95. The van der Waals surface area contributed by atoms with Crippen LogP contribution in [0.1, 0.15) is 11.4 Å². The highest BCUT2D eigenvalue weighted by Gasteiger charge is 2.16. The summed E-state index contributed by atoms with van der Waals surface area (Å²) < 4.78 is 24.2. The van der Waals surface area contributed by atoms with Crippen LogP contribution < -0.4 is 5.32 Å². The first kappa shape index (κ1) is 13.2. The van der Waals surface area contributed by atoms with Crippen molar-refractivity contribution < 1.29 is 8.42 Å². The molecule has 1 heterocycles. The van der Waals surface area contributed by atoms with Gasteiger partial charge >= 0.3 is 0 Å². The molecule has 0 aromatic carbocycles. The Hall–Kier alpha value is -0.880. The molecule has 0 fully saturated rings. The summed E-state index contributed by atoms with van der Waals surface area (Å²) >= 11 is 0. The number of sulfone groups is 1. The van der Waals surface area contributed by atoms with Crippen LogP contribution in [0.5, 0.6) is 0 Å². The Kier molecular flexibility index (Phi) is 4.09. The SMILES string of the molecule is CNC(Cc1cc(C)nn1C)CS(C)(=O)=O. The van der Waals surface area contributed by atoms with E-state index >= 15 is 0 Å². The van der Waals surface area contributed by atoms with E-state index in [2.05, 4.69) is 10.4 Å². The predicted molar refractivity (Wildman–Crippen MR) is 64.2 cm³/mol. The number of aryl methyl sites for hydroxylation is 2. The minimum Gasteiger partial charge on any atom is -0.316 e. The topological polar surface area (TPSA) is 64.0 Å². The van der Waals surface area contributed by atoms with Crippen molar-refractivity contribution in [3.8, 4) is 0 Å². The lowest BCUT2D eigenvalue weighted by Gasteiger charge is -2.14. The van der Waals surface area contributed by atoms with Gasteiger partial charge in [-0.25, -0.2) is 8.42 Å². The molecule has 16 heavy (non-hydrogen) atoms. The molecule has 0 amide bonds. The highest BCUT2D eigenvalue weighted by atomic mass is 32.2. The van der Waals surface area contributed by atoms with Gasteiger partial charge in [0.15, 0.2) is 0 Å². The fourth-order valence-electron chi connectivity index (χ4n) is 1.72. The van der Waals surface area contributed by atoms with E-state index in [-0.39, 0.29) is 11.8 Å². The summed E-state index contributed by atoms with van der Waals surface area (Å²) in [5.74, 6) is 0.147. The van der Waals surface area contributed by atoms with E-state index in [0.29, 0.717) is 6.42 Å². The van der Waals surface area contributed by atoms with Crippen molar-refractivity contribution in [3.05, 3.63) is 17.5 Å². The van der Waals surface area contributed by atoms with Crippen molar-refractivity contribution in [2.75, 3.05) is 19.1 Å². The van der Waals surface area contributed by atoms with Gasteiger partial charge in [0.25, 0.3) is 0 Å². The van der Waals surface area contributed by atoms with E-state index in [1.54, 1.807) is 11.7 Å². The number of hydrogen-bond donors (Lipinski definition) is 1. The van der Waals surface area contributed by atoms with Gasteiger partial charge in [-0.3, -0.25) is 4.68 Å². The molecular weight excluding hydrogens is 226 g/mol.